The van der Waals surface area contributed by atoms with Gasteiger partial charge in [0.15, 0.2) is 0 Å². The van der Waals surface area contributed by atoms with Crippen LogP contribution in [0.1, 0.15) is 5.56 Å². The largest absolute Gasteiger partial charge is 0.490 e. The van der Waals surface area contributed by atoms with Crippen LogP contribution in [-0.2, 0) is 6.54 Å². The molecular formula is C15H16BrNO2. The molecule has 0 amide bonds. The molecule has 0 bridgehead atoms. The van der Waals surface area contributed by atoms with Crippen molar-refractivity contribution in [2.45, 2.75) is 6.54 Å². The van der Waals surface area contributed by atoms with Gasteiger partial charge in [-0.3, -0.25) is 0 Å². The maximum atomic E-state index is 5.65. The van der Waals surface area contributed by atoms with Crippen molar-refractivity contribution in [3.05, 3.63) is 58.6 Å². The predicted octanol–water partition coefficient (Wildman–Crippen LogP) is 3.37. The smallest absolute Gasteiger partial charge is 0.133 e. The molecule has 2 N–H and O–H groups in total. The highest BCUT2D eigenvalue weighted by Crippen LogP contribution is 2.25. The van der Waals surface area contributed by atoms with E-state index in [1.54, 1.807) is 0 Å². The highest BCUT2D eigenvalue weighted by molar-refractivity contribution is 9.10. The molecule has 0 aliphatic rings. The first-order valence-electron chi connectivity index (χ1n) is 6.09. The first kappa shape index (κ1) is 13.9. The fourth-order valence-electron chi connectivity index (χ4n) is 1.62. The number of rotatable bonds is 6. The molecule has 4 heteroatoms. The summed E-state index contributed by atoms with van der Waals surface area (Å²) in [6, 6.07) is 15.5. The van der Waals surface area contributed by atoms with Gasteiger partial charge >= 0.3 is 0 Å². The van der Waals surface area contributed by atoms with Gasteiger partial charge < -0.3 is 15.2 Å². The SMILES string of the molecule is NCc1ccc(OCCOc2ccccc2)c(Br)c1. The summed E-state index contributed by atoms with van der Waals surface area (Å²) in [5.41, 5.74) is 6.64. The number of benzene rings is 2. The lowest BCUT2D eigenvalue weighted by molar-refractivity contribution is 0.216. The van der Waals surface area contributed by atoms with E-state index in [-0.39, 0.29) is 0 Å². The van der Waals surface area contributed by atoms with Crippen LogP contribution in [0.2, 0.25) is 0 Å². The second-order valence-electron chi connectivity index (χ2n) is 3.98. The molecule has 2 rings (SSSR count). The fraction of sp³-hybridized carbons (Fsp3) is 0.200. The number of ether oxygens (including phenoxy) is 2. The monoisotopic (exact) mass is 321 g/mol. The van der Waals surface area contributed by atoms with Gasteiger partial charge in [-0.15, -0.1) is 0 Å². The van der Waals surface area contributed by atoms with E-state index in [1.807, 2.05) is 48.5 Å². The van der Waals surface area contributed by atoms with Gasteiger partial charge in [-0.2, -0.15) is 0 Å². The Morgan fingerprint density at radius 3 is 2.37 bits per heavy atom. The summed E-state index contributed by atoms with van der Waals surface area (Å²) in [5, 5.41) is 0. The second-order valence-corrected chi connectivity index (χ2v) is 4.83. The van der Waals surface area contributed by atoms with Crippen LogP contribution in [0, 0.1) is 0 Å². The first-order chi connectivity index (χ1) is 9.29. The molecule has 0 radical (unpaired) electrons. The zero-order chi connectivity index (χ0) is 13.5. The van der Waals surface area contributed by atoms with E-state index in [1.165, 1.54) is 0 Å². The lowest BCUT2D eigenvalue weighted by atomic mass is 10.2. The fourth-order valence-corrected chi connectivity index (χ4v) is 2.16. The van der Waals surface area contributed by atoms with Crippen molar-refractivity contribution in [2.75, 3.05) is 13.2 Å². The molecule has 0 atom stereocenters. The number of nitrogens with two attached hydrogens (primary N) is 1. The van der Waals surface area contributed by atoms with E-state index in [9.17, 15) is 0 Å². The average molecular weight is 322 g/mol. The molecule has 0 heterocycles. The lowest BCUT2D eigenvalue weighted by Crippen LogP contribution is -2.09. The maximum Gasteiger partial charge on any atom is 0.133 e. The summed E-state index contributed by atoms with van der Waals surface area (Å²) >= 11 is 3.46. The van der Waals surface area contributed by atoms with Crippen molar-refractivity contribution >= 4 is 15.9 Å². The summed E-state index contributed by atoms with van der Waals surface area (Å²) in [6.45, 7) is 1.53. The minimum absolute atomic E-state index is 0.496. The van der Waals surface area contributed by atoms with Crippen LogP contribution < -0.4 is 15.2 Å². The summed E-state index contributed by atoms with van der Waals surface area (Å²) < 4.78 is 12.1. The zero-order valence-corrected chi connectivity index (χ0v) is 12.1. The number of halogens is 1. The minimum Gasteiger partial charge on any atom is -0.490 e. The molecule has 2 aromatic carbocycles. The van der Waals surface area contributed by atoms with Gasteiger partial charge in [0, 0.05) is 6.54 Å². The Balaban J connectivity index is 1.80. The summed E-state index contributed by atoms with van der Waals surface area (Å²) in [5.74, 6) is 1.65. The standard InChI is InChI=1S/C15H16BrNO2/c16-14-10-12(11-17)6-7-15(14)19-9-8-18-13-4-2-1-3-5-13/h1-7,10H,8-9,11,17H2. The van der Waals surface area contributed by atoms with Crippen LogP contribution in [0.15, 0.2) is 53.0 Å². The van der Waals surface area contributed by atoms with Crippen molar-refractivity contribution in [3.63, 3.8) is 0 Å². The molecule has 0 spiro atoms. The first-order valence-corrected chi connectivity index (χ1v) is 6.88. The third-order valence-corrected chi connectivity index (χ3v) is 3.20. The van der Waals surface area contributed by atoms with Crippen molar-refractivity contribution in [3.8, 4) is 11.5 Å². The highest BCUT2D eigenvalue weighted by atomic mass is 79.9. The molecule has 0 aliphatic heterocycles. The van der Waals surface area contributed by atoms with Crippen LogP contribution in [0.5, 0.6) is 11.5 Å². The molecule has 3 nitrogen and oxygen atoms in total. The van der Waals surface area contributed by atoms with Gasteiger partial charge in [0.1, 0.15) is 24.7 Å². The Kier molecular flexibility index (Phi) is 5.24. The third kappa shape index (κ3) is 4.26. The molecule has 0 saturated carbocycles. The quantitative estimate of drug-likeness (QED) is 0.830. The second kappa shape index (κ2) is 7.16. The summed E-state index contributed by atoms with van der Waals surface area (Å²) in [6.07, 6.45) is 0. The Labute approximate surface area is 121 Å². The van der Waals surface area contributed by atoms with Gasteiger partial charge in [0.05, 0.1) is 4.47 Å². The average Bonchev–Trinajstić information content (AvgIpc) is 2.46. The van der Waals surface area contributed by atoms with Gasteiger partial charge in [0.25, 0.3) is 0 Å². The van der Waals surface area contributed by atoms with Gasteiger partial charge in [-0.05, 0) is 45.8 Å². The molecular weight excluding hydrogens is 306 g/mol. The topological polar surface area (TPSA) is 44.5 Å². The molecule has 0 aliphatic carbocycles. The van der Waals surface area contributed by atoms with E-state index < -0.39 is 0 Å². The van der Waals surface area contributed by atoms with E-state index in [2.05, 4.69) is 15.9 Å². The predicted molar refractivity (Wildman–Crippen MR) is 79.5 cm³/mol. The van der Waals surface area contributed by atoms with Crippen molar-refractivity contribution in [1.82, 2.24) is 0 Å². The van der Waals surface area contributed by atoms with Crippen LogP contribution in [0.4, 0.5) is 0 Å². The third-order valence-electron chi connectivity index (χ3n) is 2.58. The Hall–Kier alpha value is -1.52. The number of hydrogen-bond acceptors (Lipinski definition) is 3. The van der Waals surface area contributed by atoms with Crippen LogP contribution in [-0.4, -0.2) is 13.2 Å². The molecule has 100 valence electrons. The van der Waals surface area contributed by atoms with Crippen molar-refractivity contribution in [1.29, 1.82) is 0 Å². The van der Waals surface area contributed by atoms with E-state index in [0.717, 1.165) is 21.5 Å². The maximum absolute atomic E-state index is 5.65. The highest BCUT2D eigenvalue weighted by Gasteiger charge is 2.02. The van der Waals surface area contributed by atoms with Crippen LogP contribution in [0.25, 0.3) is 0 Å². The van der Waals surface area contributed by atoms with Crippen LogP contribution in [0.3, 0.4) is 0 Å². The van der Waals surface area contributed by atoms with E-state index in [4.69, 9.17) is 15.2 Å². The number of hydrogen-bond donors (Lipinski definition) is 1. The zero-order valence-electron chi connectivity index (χ0n) is 10.5. The summed E-state index contributed by atoms with van der Waals surface area (Å²) in [7, 11) is 0. The van der Waals surface area contributed by atoms with Crippen LogP contribution >= 0.6 is 15.9 Å². The van der Waals surface area contributed by atoms with Gasteiger partial charge in [-0.25, -0.2) is 0 Å². The molecule has 19 heavy (non-hydrogen) atoms. The normalized spacial score (nSPS) is 10.2. The molecule has 0 aromatic heterocycles. The number of para-hydroxylation sites is 1. The molecule has 2 aromatic rings. The molecule has 0 unspecified atom stereocenters. The lowest BCUT2D eigenvalue weighted by Gasteiger charge is -2.10. The van der Waals surface area contributed by atoms with Gasteiger partial charge in [0.2, 0.25) is 0 Å². The summed E-state index contributed by atoms with van der Waals surface area (Å²) in [4.78, 5) is 0. The molecule has 0 fully saturated rings. The Morgan fingerprint density at radius 2 is 1.68 bits per heavy atom. The Bertz CT molecular complexity index is 517. The van der Waals surface area contributed by atoms with E-state index in [0.29, 0.717) is 19.8 Å². The Morgan fingerprint density at radius 1 is 0.947 bits per heavy atom. The van der Waals surface area contributed by atoms with E-state index >= 15 is 0 Å². The van der Waals surface area contributed by atoms with Crippen molar-refractivity contribution in [2.24, 2.45) is 5.73 Å². The van der Waals surface area contributed by atoms with Crippen molar-refractivity contribution < 1.29 is 9.47 Å². The molecule has 0 saturated heterocycles. The minimum atomic E-state index is 0.496. The van der Waals surface area contributed by atoms with Gasteiger partial charge in [-0.1, -0.05) is 24.3 Å².